The summed E-state index contributed by atoms with van der Waals surface area (Å²) in [4.78, 5) is 31.6. The lowest BCUT2D eigenvalue weighted by Crippen LogP contribution is -2.51. The molecule has 33 heavy (non-hydrogen) atoms. The molecular weight excluding hydrogens is 421 g/mol. The van der Waals surface area contributed by atoms with Crippen LogP contribution in [0.3, 0.4) is 0 Å². The predicted molar refractivity (Wildman–Crippen MR) is 129 cm³/mol. The summed E-state index contributed by atoms with van der Waals surface area (Å²) in [7, 11) is 0. The Morgan fingerprint density at radius 1 is 1.09 bits per heavy atom. The van der Waals surface area contributed by atoms with E-state index in [1.807, 2.05) is 23.6 Å². The molecule has 0 N–H and O–H groups in total. The van der Waals surface area contributed by atoms with E-state index in [1.165, 1.54) is 12.1 Å². The molecule has 2 fully saturated rings. The third-order valence-electron chi connectivity index (χ3n) is 7.34. The van der Waals surface area contributed by atoms with Crippen LogP contribution < -0.4 is 4.90 Å². The number of hydrogen-bond donors (Lipinski definition) is 0. The van der Waals surface area contributed by atoms with Crippen molar-refractivity contribution < 1.29 is 18.7 Å². The summed E-state index contributed by atoms with van der Waals surface area (Å²) in [5.41, 5.74) is 0.777. The largest absolute Gasteiger partial charge is 0.450 e. The summed E-state index contributed by atoms with van der Waals surface area (Å²) >= 11 is 0. The fourth-order valence-electron chi connectivity index (χ4n) is 5.56. The molecule has 1 aromatic carbocycles. The number of anilines is 1. The van der Waals surface area contributed by atoms with Gasteiger partial charge in [0, 0.05) is 49.4 Å². The van der Waals surface area contributed by atoms with Crippen molar-refractivity contribution in [1.82, 2.24) is 9.80 Å². The Kier molecular flexibility index (Phi) is 9.12. The van der Waals surface area contributed by atoms with E-state index in [1.54, 1.807) is 12.1 Å². The lowest BCUT2D eigenvalue weighted by Gasteiger charge is -2.42. The molecule has 0 aliphatic carbocycles. The van der Waals surface area contributed by atoms with Gasteiger partial charge in [0.1, 0.15) is 5.82 Å². The van der Waals surface area contributed by atoms with E-state index < -0.39 is 0 Å². The second-order valence-electron chi connectivity index (χ2n) is 9.35. The molecule has 0 aromatic heterocycles. The summed E-state index contributed by atoms with van der Waals surface area (Å²) in [6, 6.07) is 7.22. The smallest absolute Gasteiger partial charge is 0.410 e. The number of amides is 2. The minimum absolute atomic E-state index is 0.0807. The van der Waals surface area contributed by atoms with Crippen LogP contribution in [0.25, 0.3) is 0 Å². The first-order valence-electron chi connectivity index (χ1n) is 12.7. The molecule has 6 nitrogen and oxygen atoms in total. The van der Waals surface area contributed by atoms with Crippen LogP contribution >= 0.6 is 0 Å². The van der Waals surface area contributed by atoms with Crippen LogP contribution in [-0.4, -0.2) is 65.7 Å². The zero-order valence-electron chi connectivity index (χ0n) is 20.6. The Morgan fingerprint density at radius 3 is 2.33 bits per heavy atom. The SMILES string of the molecule is CCOC(=O)N1C(C)CCC1CC(CC)N1CCC(N(C(=O)CC)c2ccc(F)cc2)CC1. The van der Waals surface area contributed by atoms with Gasteiger partial charge in [-0.15, -0.1) is 0 Å². The Hall–Kier alpha value is -2.15. The van der Waals surface area contributed by atoms with Gasteiger partial charge in [-0.2, -0.15) is 0 Å². The first-order valence-corrected chi connectivity index (χ1v) is 12.7. The number of hydrogen-bond acceptors (Lipinski definition) is 4. The topological polar surface area (TPSA) is 53.1 Å². The number of carbonyl (C=O) groups is 2. The number of piperidine rings is 1. The highest BCUT2D eigenvalue weighted by molar-refractivity contribution is 5.93. The van der Waals surface area contributed by atoms with E-state index in [2.05, 4.69) is 18.7 Å². The number of halogens is 1. The zero-order valence-corrected chi connectivity index (χ0v) is 20.6. The molecule has 2 aliphatic heterocycles. The average molecular weight is 462 g/mol. The molecule has 2 saturated heterocycles. The molecule has 7 heteroatoms. The Labute approximate surface area is 198 Å². The Morgan fingerprint density at radius 2 is 1.76 bits per heavy atom. The maximum absolute atomic E-state index is 13.4. The molecule has 3 rings (SSSR count). The van der Waals surface area contributed by atoms with Crippen LogP contribution in [0, 0.1) is 5.82 Å². The third kappa shape index (κ3) is 6.05. The molecule has 2 heterocycles. The monoisotopic (exact) mass is 461 g/mol. The lowest BCUT2D eigenvalue weighted by atomic mass is 9.96. The molecule has 0 spiro atoms. The molecular formula is C26H40FN3O3. The zero-order chi connectivity index (χ0) is 24.0. The summed E-state index contributed by atoms with van der Waals surface area (Å²) in [6.07, 6.45) is 6.06. The fourth-order valence-corrected chi connectivity index (χ4v) is 5.56. The van der Waals surface area contributed by atoms with Crippen LogP contribution in [0.4, 0.5) is 14.9 Å². The predicted octanol–water partition coefficient (Wildman–Crippen LogP) is 5.21. The minimum Gasteiger partial charge on any atom is -0.450 e. The maximum Gasteiger partial charge on any atom is 0.410 e. The van der Waals surface area contributed by atoms with Crippen molar-refractivity contribution in [2.24, 2.45) is 0 Å². The van der Waals surface area contributed by atoms with Gasteiger partial charge in [0.25, 0.3) is 0 Å². The van der Waals surface area contributed by atoms with Crippen molar-refractivity contribution in [3.05, 3.63) is 30.1 Å². The van der Waals surface area contributed by atoms with E-state index in [0.717, 1.165) is 57.3 Å². The first kappa shape index (κ1) is 25.5. The van der Waals surface area contributed by atoms with Crippen LogP contribution in [0.5, 0.6) is 0 Å². The molecule has 3 unspecified atom stereocenters. The van der Waals surface area contributed by atoms with Crippen LogP contribution in [0.15, 0.2) is 24.3 Å². The highest BCUT2D eigenvalue weighted by Gasteiger charge is 2.38. The van der Waals surface area contributed by atoms with Gasteiger partial charge >= 0.3 is 6.09 Å². The highest BCUT2D eigenvalue weighted by atomic mass is 19.1. The lowest BCUT2D eigenvalue weighted by molar-refractivity contribution is -0.119. The Bertz CT molecular complexity index is 779. The molecule has 0 saturated carbocycles. The summed E-state index contributed by atoms with van der Waals surface area (Å²) in [6.45, 7) is 10.3. The van der Waals surface area contributed by atoms with E-state index in [9.17, 15) is 14.0 Å². The van der Waals surface area contributed by atoms with Crippen molar-refractivity contribution in [3.63, 3.8) is 0 Å². The van der Waals surface area contributed by atoms with Gasteiger partial charge in [-0.25, -0.2) is 9.18 Å². The van der Waals surface area contributed by atoms with Crippen LogP contribution in [0.1, 0.15) is 72.6 Å². The van der Waals surface area contributed by atoms with E-state index >= 15 is 0 Å². The van der Waals surface area contributed by atoms with Gasteiger partial charge in [0.05, 0.1) is 6.61 Å². The van der Waals surface area contributed by atoms with Crippen molar-refractivity contribution in [1.29, 1.82) is 0 Å². The number of carbonyl (C=O) groups excluding carboxylic acids is 2. The van der Waals surface area contributed by atoms with E-state index in [4.69, 9.17) is 4.74 Å². The highest BCUT2D eigenvalue weighted by Crippen LogP contribution is 2.32. The molecule has 0 radical (unpaired) electrons. The molecule has 2 amide bonds. The molecule has 184 valence electrons. The van der Waals surface area contributed by atoms with Gasteiger partial charge in [0.2, 0.25) is 5.91 Å². The summed E-state index contributed by atoms with van der Waals surface area (Å²) in [5.74, 6) is -0.210. The number of benzene rings is 1. The van der Waals surface area contributed by atoms with E-state index in [-0.39, 0.29) is 35.9 Å². The number of likely N-dealkylation sites (tertiary alicyclic amines) is 2. The van der Waals surface area contributed by atoms with Gasteiger partial charge < -0.3 is 19.4 Å². The second kappa shape index (κ2) is 11.8. The number of rotatable bonds is 8. The van der Waals surface area contributed by atoms with Gasteiger partial charge in [-0.1, -0.05) is 13.8 Å². The third-order valence-corrected chi connectivity index (χ3v) is 7.34. The molecule has 1 aromatic rings. The number of ether oxygens (including phenoxy) is 1. The van der Waals surface area contributed by atoms with Gasteiger partial charge in [-0.3, -0.25) is 4.79 Å². The molecule has 0 bridgehead atoms. The molecule has 3 atom stereocenters. The quantitative estimate of drug-likeness (QED) is 0.533. The minimum atomic E-state index is -0.290. The van der Waals surface area contributed by atoms with Crippen molar-refractivity contribution in [3.8, 4) is 0 Å². The standard InChI is InChI=1S/C26H40FN3O3/c1-5-21(18-24-11-8-19(4)29(24)26(32)33-7-3)28-16-14-23(15-17-28)30(25(31)6-2)22-12-9-20(27)10-13-22/h9-10,12-13,19,21,23-24H,5-8,11,14-18H2,1-4H3. The average Bonchev–Trinajstić information content (AvgIpc) is 3.19. The summed E-state index contributed by atoms with van der Waals surface area (Å²) in [5, 5.41) is 0. The van der Waals surface area contributed by atoms with Crippen molar-refractivity contribution >= 4 is 17.7 Å². The van der Waals surface area contributed by atoms with Crippen LogP contribution in [0.2, 0.25) is 0 Å². The van der Waals surface area contributed by atoms with Crippen molar-refractivity contribution in [2.75, 3.05) is 24.6 Å². The van der Waals surface area contributed by atoms with E-state index in [0.29, 0.717) is 19.1 Å². The second-order valence-corrected chi connectivity index (χ2v) is 9.35. The molecule has 2 aliphatic rings. The van der Waals surface area contributed by atoms with Gasteiger partial charge in [-0.05, 0) is 76.6 Å². The Balaban J connectivity index is 1.63. The fraction of sp³-hybridized carbons (Fsp3) is 0.692. The summed E-state index contributed by atoms with van der Waals surface area (Å²) < 4.78 is 18.7. The van der Waals surface area contributed by atoms with Gasteiger partial charge in [0.15, 0.2) is 0 Å². The van der Waals surface area contributed by atoms with Crippen molar-refractivity contribution in [2.45, 2.75) is 96.8 Å². The maximum atomic E-state index is 13.4. The normalized spacial score (nSPS) is 22.9. The van der Waals surface area contributed by atoms with Crippen LogP contribution in [-0.2, 0) is 9.53 Å². The first-order chi connectivity index (χ1) is 15.9. The number of nitrogens with zero attached hydrogens (tertiary/aromatic N) is 3.